The maximum absolute atomic E-state index is 14.4. The van der Waals surface area contributed by atoms with Crippen LogP contribution >= 0.6 is 0 Å². The topological polar surface area (TPSA) is 373 Å². The van der Waals surface area contributed by atoms with Crippen LogP contribution in [0.4, 0.5) is 0 Å². The monoisotopic (exact) mass is 982 g/mol. The average molecular weight is 983 g/mol. The van der Waals surface area contributed by atoms with E-state index in [4.69, 9.17) is 5.73 Å². The molecule has 9 unspecified atom stereocenters. The van der Waals surface area contributed by atoms with Crippen molar-refractivity contribution in [2.75, 3.05) is 18.8 Å². The summed E-state index contributed by atoms with van der Waals surface area (Å²) in [5, 5.41) is 54.4. The van der Waals surface area contributed by atoms with Gasteiger partial charge in [-0.2, -0.15) is 8.42 Å². The second-order valence-electron chi connectivity index (χ2n) is 16.5. The van der Waals surface area contributed by atoms with Gasteiger partial charge in [-0.1, -0.05) is 72.8 Å². The minimum atomic E-state index is -5.07. The Balaban J connectivity index is 1.63. The van der Waals surface area contributed by atoms with E-state index in [0.29, 0.717) is 16.7 Å². The molecule has 24 heteroatoms. The summed E-state index contributed by atoms with van der Waals surface area (Å²) in [5.41, 5.74) is 7.15. The van der Waals surface area contributed by atoms with Crippen LogP contribution in [0.2, 0.25) is 0 Å². The van der Waals surface area contributed by atoms with Crippen molar-refractivity contribution in [1.82, 2.24) is 36.8 Å². The molecule has 0 bridgehead atoms. The molecular formula is C45H58N8O15S. The van der Waals surface area contributed by atoms with Gasteiger partial charge in [-0.15, -0.1) is 0 Å². The summed E-state index contributed by atoms with van der Waals surface area (Å²) in [6, 6.07) is 11.1. The van der Waals surface area contributed by atoms with Crippen LogP contribution in [-0.4, -0.2) is 159 Å². The highest BCUT2D eigenvalue weighted by Crippen LogP contribution is 2.20. The molecule has 0 aliphatic carbocycles. The average Bonchev–Trinajstić information content (AvgIpc) is 3.79. The highest BCUT2D eigenvalue weighted by Gasteiger charge is 2.42. The Morgan fingerprint density at radius 1 is 0.638 bits per heavy atom. The highest BCUT2D eigenvalue weighted by atomic mass is 32.2. The number of carbonyl (C=O) groups is 8. The quantitative estimate of drug-likeness (QED) is 0.0398. The van der Waals surface area contributed by atoms with Crippen molar-refractivity contribution in [3.63, 3.8) is 0 Å². The van der Waals surface area contributed by atoms with Gasteiger partial charge < -0.3 is 63.0 Å². The Morgan fingerprint density at radius 3 is 1.54 bits per heavy atom. The fraction of sp³-hybridized carbons (Fsp3) is 0.422. The number of carboxylic acids is 1. The minimum Gasteiger partial charge on any atom is -0.508 e. The maximum Gasteiger partial charge on any atom is 0.328 e. The molecule has 4 rings (SSSR count). The van der Waals surface area contributed by atoms with Crippen LogP contribution in [0.25, 0.3) is 0 Å². The van der Waals surface area contributed by atoms with Crippen LogP contribution in [0.3, 0.4) is 0 Å². The molecule has 3 aromatic rings. The van der Waals surface area contributed by atoms with E-state index in [1.54, 1.807) is 60.7 Å². The van der Waals surface area contributed by atoms with Crippen molar-refractivity contribution in [2.24, 2.45) is 5.73 Å². The van der Waals surface area contributed by atoms with E-state index in [-0.39, 0.29) is 44.4 Å². The normalized spacial score (nSPS) is 17.0. The lowest BCUT2D eigenvalue weighted by atomic mass is 10.0. The first kappa shape index (κ1) is 54.6. The van der Waals surface area contributed by atoms with Crippen molar-refractivity contribution in [1.29, 1.82) is 0 Å². The summed E-state index contributed by atoms with van der Waals surface area (Å²) in [6.45, 7) is 1.55. The van der Waals surface area contributed by atoms with E-state index in [1.807, 2.05) is 0 Å². The van der Waals surface area contributed by atoms with Crippen molar-refractivity contribution in [3.8, 4) is 5.75 Å². The number of hydrogen-bond acceptors (Lipinski definition) is 14. The zero-order valence-electron chi connectivity index (χ0n) is 37.7. The molecule has 1 saturated heterocycles. The van der Waals surface area contributed by atoms with E-state index >= 15 is 0 Å². The van der Waals surface area contributed by atoms with Gasteiger partial charge >= 0.3 is 5.97 Å². The molecule has 1 aliphatic heterocycles. The van der Waals surface area contributed by atoms with Gasteiger partial charge in [0.2, 0.25) is 41.4 Å². The summed E-state index contributed by atoms with van der Waals surface area (Å²) in [6.07, 6.45) is -3.65. The number of carbonyl (C=O) groups excluding carboxylic acids is 7. The molecule has 23 nitrogen and oxygen atoms in total. The second kappa shape index (κ2) is 25.4. The van der Waals surface area contributed by atoms with Crippen LogP contribution < -0.4 is 37.6 Å². The van der Waals surface area contributed by atoms with Crippen LogP contribution in [-0.2, 0) is 67.7 Å². The van der Waals surface area contributed by atoms with Gasteiger partial charge in [0.25, 0.3) is 10.1 Å². The Morgan fingerprint density at radius 2 is 1.09 bits per heavy atom. The number of amides is 7. The molecule has 69 heavy (non-hydrogen) atoms. The first-order valence-electron chi connectivity index (χ1n) is 21.8. The smallest absolute Gasteiger partial charge is 0.328 e. The molecule has 0 saturated carbocycles. The number of nitrogens with two attached hydrogens (primary N) is 1. The molecule has 1 aliphatic rings. The van der Waals surface area contributed by atoms with Gasteiger partial charge in [0.15, 0.2) is 6.04 Å². The van der Waals surface area contributed by atoms with Gasteiger partial charge in [0.1, 0.15) is 47.8 Å². The Bertz CT molecular complexity index is 2390. The lowest BCUT2D eigenvalue weighted by molar-refractivity contribution is -0.147. The number of phenolic OH excluding ortho intramolecular Hbond substituents is 1. The predicted molar refractivity (Wildman–Crippen MR) is 245 cm³/mol. The SMILES string of the molecule is CC(O)C(NC(=O)C1CCCN1C(=O)C(CS(=O)(=O)O)NC(=O)C(NC(=O)C(Cc1ccc(O)cc1)NC(=O)C(Cc1ccccc1)NC(=O)C(Cc1ccccc1)NC(=O)CN)C(C)O)C(=O)O. The molecule has 0 aromatic heterocycles. The number of rotatable bonds is 24. The third kappa shape index (κ3) is 16.9. The van der Waals surface area contributed by atoms with Crippen LogP contribution in [0.15, 0.2) is 84.9 Å². The fourth-order valence-electron chi connectivity index (χ4n) is 7.44. The third-order valence-electron chi connectivity index (χ3n) is 11.0. The Hall–Kier alpha value is -6.99. The number of nitrogens with one attached hydrogen (secondary N) is 6. The number of aliphatic carboxylic acids is 1. The van der Waals surface area contributed by atoms with E-state index in [0.717, 1.165) is 18.7 Å². The van der Waals surface area contributed by atoms with Crippen LogP contribution in [0, 0.1) is 0 Å². The summed E-state index contributed by atoms with van der Waals surface area (Å²) < 4.78 is 34.2. The molecule has 0 spiro atoms. The van der Waals surface area contributed by atoms with E-state index in [2.05, 4.69) is 31.9 Å². The number of benzene rings is 3. The molecule has 1 heterocycles. The number of hydrogen-bond donors (Lipinski definition) is 12. The molecule has 3 aromatic carbocycles. The van der Waals surface area contributed by atoms with Gasteiger partial charge in [-0.05, 0) is 55.5 Å². The van der Waals surface area contributed by atoms with Crippen molar-refractivity contribution in [3.05, 3.63) is 102 Å². The summed E-state index contributed by atoms with van der Waals surface area (Å²) in [5.74, 6) is -10.2. The Kier molecular flexibility index (Phi) is 20.1. The third-order valence-corrected chi connectivity index (χ3v) is 11.7. The van der Waals surface area contributed by atoms with Crippen molar-refractivity contribution < 1.29 is 71.8 Å². The van der Waals surface area contributed by atoms with Crippen LogP contribution in [0.5, 0.6) is 5.75 Å². The number of aliphatic hydroxyl groups is 2. The van der Waals surface area contributed by atoms with Crippen molar-refractivity contribution in [2.45, 2.75) is 100 Å². The lowest BCUT2D eigenvalue weighted by Crippen LogP contribution is -2.63. The molecule has 374 valence electrons. The summed E-state index contributed by atoms with van der Waals surface area (Å²) in [4.78, 5) is 108. The number of nitrogens with zero attached hydrogens (tertiary/aromatic N) is 1. The molecule has 9 atom stereocenters. The molecule has 7 amide bonds. The van der Waals surface area contributed by atoms with Crippen LogP contribution in [0.1, 0.15) is 43.4 Å². The van der Waals surface area contributed by atoms with E-state index in [1.165, 1.54) is 24.3 Å². The summed E-state index contributed by atoms with van der Waals surface area (Å²) >= 11 is 0. The van der Waals surface area contributed by atoms with E-state index < -0.39 is 124 Å². The Labute approximate surface area is 397 Å². The highest BCUT2D eigenvalue weighted by molar-refractivity contribution is 7.85. The summed E-state index contributed by atoms with van der Waals surface area (Å²) in [7, 11) is -5.07. The zero-order valence-corrected chi connectivity index (χ0v) is 38.5. The number of aliphatic hydroxyl groups excluding tert-OH is 2. The molecule has 0 radical (unpaired) electrons. The maximum atomic E-state index is 14.4. The number of aromatic hydroxyl groups is 1. The lowest BCUT2D eigenvalue weighted by Gasteiger charge is -2.31. The first-order chi connectivity index (χ1) is 32.6. The largest absolute Gasteiger partial charge is 0.508 e. The van der Waals surface area contributed by atoms with Gasteiger partial charge in [0, 0.05) is 25.8 Å². The number of carboxylic acid groups (broad SMARTS) is 1. The second-order valence-corrected chi connectivity index (χ2v) is 18.0. The standard InChI is InChI=1S/C45H58N8O15S/c1-25(54)37(43(62)50-34(24-69(66,67)68)44(63)53-19-9-14-35(53)42(61)52-38(26(2)55)45(64)65)51-41(60)33(22-29-15-17-30(56)18-16-29)49-40(59)32(21-28-12-7-4-8-13-28)48-39(58)31(47-36(57)23-46)20-27-10-5-3-6-11-27/h3-8,10-13,15-18,25-26,31-35,37-38,54-56H,9,14,19-24,46H2,1-2H3,(H,47,57)(H,48,58)(H,49,59)(H,50,62)(H,51,60)(H,52,61)(H,64,65)(H,66,67,68). The number of likely N-dealkylation sites (tertiary alicyclic amines) is 1. The first-order valence-corrected chi connectivity index (χ1v) is 23.4. The minimum absolute atomic E-state index is 0.00851. The van der Waals surface area contributed by atoms with Crippen molar-refractivity contribution >= 4 is 57.4 Å². The molecule has 13 N–H and O–H groups in total. The fourth-order valence-corrected chi connectivity index (χ4v) is 8.09. The van der Waals surface area contributed by atoms with E-state index in [9.17, 15) is 71.8 Å². The molecule has 1 fully saturated rings. The molecular weight excluding hydrogens is 925 g/mol. The predicted octanol–water partition coefficient (Wildman–Crippen LogP) is -2.99. The van der Waals surface area contributed by atoms with Gasteiger partial charge in [0.05, 0.1) is 18.8 Å². The van der Waals surface area contributed by atoms with Gasteiger partial charge in [-0.25, -0.2) is 4.79 Å². The van der Waals surface area contributed by atoms with Gasteiger partial charge in [-0.3, -0.25) is 38.1 Å². The number of phenols is 1. The zero-order chi connectivity index (χ0) is 51.0.